The van der Waals surface area contributed by atoms with Gasteiger partial charge in [-0.2, -0.15) is 4.98 Å². The molecule has 2 heterocycles. The highest BCUT2D eigenvalue weighted by Gasteiger charge is 2.44. The van der Waals surface area contributed by atoms with Crippen molar-refractivity contribution >= 4 is 13.6 Å². The van der Waals surface area contributed by atoms with E-state index in [1.807, 2.05) is 0 Å². The van der Waals surface area contributed by atoms with Gasteiger partial charge in [-0.1, -0.05) is 0 Å². The Morgan fingerprint density at radius 2 is 2.10 bits per heavy atom. The zero-order chi connectivity index (χ0) is 15.8. The summed E-state index contributed by atoms with van der Waals surface area (Å²) in [5.41, 5.74) is 4.52. The summed E-state index contributed by atoms with van der Waals surface area (Å²) < 4.78 is 20.9. The van der Waals surface area contributed by atoms with Gasteiger partial charge >= 0.3 is 13.5 Å². The maximum Gasteiger partial charge on any atom is 0.469 e. The molecule has 21 heavy (non-hydrogen) atoms. The molecule has 0 aliphatic carbocycles. The van der Waals surface area contributed by atoms with Crippen molar-refractivity contribution in [1.29, 1.82) is 0 Å². The van der Waals surface area contributed by atoms with E-state index in [-0.39, 0.29) is 5.82 Å². The first-order valence-corrected chi connectivity index (χ1v) is 7.28. The van der Waals surface area contributed by atoms with Crippen LogP contribution in [0.3, 0.4) is 0 Å². The van der Waals surface area contributed by atoms with Crippen LogP contribution < -0.4 is 11.4 Å². The van der Waals surface area contributed by atoms with E-state index in [9.17, 15) is 19.6 Å². The second-order valence-corrected chi connectivity index (χ2v) is 5.61. The molecule has 2 rings (SSSR count). The molecule has 0 saturated carbocycles. The van der Waals surface area contributed by atoms with Crippen LogP contribution in [0.4, 0.5) is 5.82 Å². The molecule has 1 unspecified atom stereocenters. The Bertz CT molecular complexity index is 615. The van der Waals surface area contributed by atoms with Crippen molar-refractivity contribution in [2.45, 2.75) is 24.5 Å². The minimum atomic E-state index is -4.74. The second kappa shape index (κ2) is 5.81. The maximum absolute atomic E-state index is 11.6. The van der Waals surface area contributed by atoms with E-state index in [2.05, 4.69) is 9.51 Å². The molecule has 1 aromatic heterocycles. The molecular formula is C9H14N3O8P. The van der Waals surface area contributed by atoms with Crippen molar-refractivity contribution in [3.05, 3.63) is 22.7 Å². The molecule has 0 radical (unpaired) electrons. The minimum Gasteiger partial charge on any atom is -0.387 e. The van der Waals surface area contributed by atoms with Gasteiger partial charge < -0.3 is 30.5 Å². The fraction of sp³-hybridized carbons (Fsp3) is 0.556. The Hall–Kier alpha value is -1.33. The Morgan fingerprint density at radius 1 is 1.43 bits per heavy atom. The molecule has 0 bridgehead atoms. The Labute approximate surface area is 117 Å². The van der Waals surface area contributed by atoms with E-state index in [0.717, 1.165) is 4.57 Å². The van der Waals surface area contributed by atoms with Gasteiger partial charge in [0.05, 0.1) is 6.61 Å². The predicted molar refractivity (Wildman–Crippen MR) is 66.8 cm³/mol. The van der Waals surface area contributed by atoms with Gasteiger partial charge in [0.2, 0.25) is 0 Å². The summed E-state index contributed by atoms with van der Waals surface area (Å²) in [4.78, 5) is 32.3. The molecule has 0 aromatic carbocycles. The summed E-state index contributed by atoms with van der Waals surface area (Å²) in [6.45, 7) is -0.657. The van der Waals surface area contributed by atoms with Crippen molar-refractivity contribution in [3.8, 4) is 0 Å². The average Bonchev–Trinajstić information content (AvgIpc) is 2.64. The SMILES string of the molecule is Nc1ccn([C@@H]2O[C@H](COP(=O)(O)O)C(O)[C@H]2O)c(=O)n1. The molecule has 6 N–H and O–H groups in total. The summed E-state index contributed by atoms with van der Waals surface area (Å²) in [6.07, 6.45) is -4.27. The number of anilines is 1. The highest BCUT2D eigenvalue weighted by atomic mass is 31.2. The smallest absolute Gasteiger partial charge is 0.387 e. The van der Waals surface area contributed by atoms with Gasteiger partial charge in [0.1, 0.15) is 24.1 Å². The van der Waals surface area contributed by atoms with E-state index in [0.29, 0.717) is 0 Å². The fourth-order valence-corrected chi connectivity index (χ4v) is 2.23. The third kappa shape index (κ3) is 3.66. The lowest BCUT2D eigenvalue weighted by atomic mass is 10.1. The van der Waals surface area contributed by atoms with Crippen LogP contribution in [0.15, 0.2) is 17.1 Å². The number of nitrogens with zero attached hydrogens (tertiary/aromatic N) is 2. The zero-order valence-electron chi connectivity index (χ0n) is 10.5. The van der Waals surface area contributed by atoms with Gasteiger partial charge in [-0.3, -0.25) is 9.09 Å². The normalized spacial score (nSPS) is 29.7. The van der Waals surface area contributed by atoms with Crippen molar-refractivity contribution in [2.24, 2.45) is 0 Å². The number of phosphoric ester groups is 1. The molecule has 118 valence electrons. The first-order valence-electron chi connectivity index (χ1n) is 5.75. The number of aromatic nitrogens is 2. The lowest BCUT2D eigenvalue weighted by Crippen LogP contribution is -2.36. The van der Waals surface area contributed by atoms with Crippen molar-refractivity contribution in [2.75, 3.05) is 12.3 Å². The topological polar surface area (TPSA) is 177 Å². The van der Waals surface area contributed by atoms with Gasteiger partial charge in [-0.15, -0.1) is 0 Å². The Morgan fingerprint density at radius 3 is 2.67 bits per heavy atom. The van der Waals surface area contributed by atoms with E-state index in [1.54, 1.807) is 0 Å². The van der Waals surface area contributed by atoms with Crippen LogP contribution in [0.1, 0.15) is 6.23 Å². The Balaban J connectivity index is 2.16. The molecule has 12 heteroatoms. The number of rotatable bonds is 4. The first kappa shape index (κ1) is 16.0. The van der Waals surface area contributed by atoms with Crippen molar-refractivity contribution in [3.63, 3.8) is 0 Å². The van der Waals surface area contributed by atoms with Crippen LogP contribution in [-0.2, 0) is 13.8 Å². The van der Waals surface area contributed by atoms with Gasteiger partial charge in [-0.25, -0.2) is 9.36 Å². The van der Waals surface area contributed by atoms with Crippen LogP contribution in [-0.4, -0.2) is 54.5 Å². The summed E-state index contributed by atoms with van der Waals surface area (Å²) >= 11 is 0. The monoisotopic (exact) mass is 323 g/mol. The van der Waals surface area contributed by atoms with Crippen molar-refractivity contribution in [1.82, 2.24) is 9.55 Å². The standard InChI is InChI=1S/C9H14N3O8P/c10-5-1-2-12(9(15)11-5)8-7(14)6(13)4(20-8)3-19-21(16,17)18/h1-2,4,6-8,13-14H,3H2,(H2,10,11,15)(H2,16,17,18)/t4-,6?,7-,8-/m1/s1. The number of ether oxygens (including phenoxy) is 1. The molecule has 0 spiro atoms. The summed E-state index contributed by atoms with van der Waals surface area (Å²) in [5, 5.41) is 19.6. The highest BCUT2D eigenvalue weighted by Crippen LogP contribution is 2.38. The molecule has 11 nitrogen and oxygen atoms in total. The lowest BCUT2D eigenvalue weighted by molar-refractivity contribution is -0.0542. The summed E-state index contributed by atoms with van der Waals surface area (Å²) in [6, 6.07) is 1.29. The molecule has 1 aliphatic rings. The molecule has 4 atom stereocenters. The molecular weight excluding hydrogens is 309 g/mol. The third-order valence-corrected chi connectivity index (χ3v) is 3.36. The highest BCUT2D eigenvalue weighted by molar-refractivity contribution is 7.46. The number of aliphatic hydroxyl groups excluding tert-OH is 2. The molecule has 1 aromatic rings. The fourth-order valence-electron chi connectivity index (χ4n) is 1.89. The lowest BCUT2D eigenvalue weighted by Gasteiger charge is -2.16. The average molecular weight is 323 g/mol. The van der Waals surface area contributed by atoms with E-state index >= 15 is 0 Å². The Kier molecular flexibility index (Phi) is 4.44. The van der Waals surface area contributed by atoms with Crippen LogP contribution >= 0.6 is 7.82 Å². The van der Waals surface area contributed by atoms with Gasteiger partial charge in [0, 0.05) is 6.20 Å². The van der Waals surface area contributed by atoms with Crippen LogP contribution in [0.25, 0.3) is 0 Å². The molecule has 0 amide bonds. The first-order chi connectivity index (χ1) is 9.69. The third-order valence-electron chi connectivity index (χ3n) is 2.87. The minimum absolute atomic E-state index is 0.0225. The number of phosphoric acid groups is 1. The maximum atomic E-state index is 11.6. The number of nitrogen functional groups attached to an aromatic ring is 1. The number of hydrogen-bond acceptors (Lipinski definition) is 8. The zero-order valence-corrected chi connectivity index (χ0v) is 11.4. The number of hydrogen-bond donors (Lipinski definition) is 5. The van der Waals surface area contributed by atoms with Crippen LogP contribution in [0.2, 0.25) is 0 Å². The van der Waals surface area contributed by atoms with Crippen molar-refractivity contribution < 1.29 is 33.8 Å². The van der Waals surface area contributed by atoms with Gasteiger partial charge in [-0.05, 0) is 6.07 Å². The molecule has 1 fully saturated rings. The van der Waals surface area contributed by atoms with Crippen LogP contribution in [0.5, 0.6) is 0 Å². The second-order valence-electron chi connectivity index (χ2n) is 4.37. The summed E-state index contributed by atoms with van der Waals surface area (Å²) in [5.74, 6) is -0.0225. The summed E-state index contributed by atoms with van der Waals surface area (Å²) in [7, 11) is -4.74. The molecule has 1 saturated heterocycles. The largest absolute Gasteiger partial charge is 0.469 e. The van der Waals surface area contributed by atoms with Gasteiger partial charge in [0.15, 0.2) is 6.23 Å². The van der Waals surface area contributed by atoms with E-state index in [1.165, 1.54) is 12.3 Å². The number of nitrogens with two attached hydrogens (primary N) is 1. The predicted octanol–water partition coefficient (Wildman–Crippen LogP) is -2.45. The van der Waals surface area contributed by atoms with Gasteiger partial charge in [0.25, 0.3) is 0 Å². The number of aliphatic hydroxyl groups is 2. The van der Waals surface area contributed by atoms with E-state index in [4.69, 9.17) is 20.3 Å². The van der Waals surface area contributed by atoms with Crippen LogP contribution in [0, 0.1) is 0 Å². The quantitative estimate of drug-likeness (QED) is 0.374. The van der Waals surface area contributed by atoms with E-state index < -0.39 is 44.7 Å². The molecule has 1 aliphatic heterocycles.